The fourth-order valence-electron chi connectivity index (χ4n) is 1.40. The van der Waals surface area contributed by atoms with Crippen LogP contribution in [0.15, 0.2) is 15.2 Å². The zero-order valence-corrected chi connectivity index (χ0v) is 12.9. The van der Waals surface area contributed by atoms with Gasteiger partial charge in [0.1, 0.15) is 4.88 Å². The Balaban J connectivity index is 2.46. The maximum atomic E-state index is 12.4. The quantitative estimate of drug-likeness (QED) is 0.784. The maximum Gasteiger partial charge on any atom is 0.208 e. The first-order valence-corrected chi connectivity index (χ1v) is 7.51. The standard InChI is InChI=1S/C11H11BrN2OS2/c1-11(2,3)10-9(17-14-13-10)8(15)6-4-16-5-7(6)12/h4-5H,1-3H3. The number of rotatable bonds is 2. The Morgan fingerprint density at radius 2 is 2.06 bits per heavy atom. The Kier molecular flexibility index (Phi) is 3.47. The molecule has 2 heterocycles. The molecule has 2 rings (SSSR count). The Morgan fingerprint density at radius 1 is 1.35 bits per heavy atom. The van der Waals surface area contributed by atoms with E-state index in [9.17, 15) is 4.79 Å². The van der Waals surface area contributed by atoms with Crippen molar-refractivity contribution in [1.82, 2.24) is 9.59 Å². The average molecular weight is 331 g/mol. The van der Waals surface area contributed by atoms with Gasteiger partial charge in [-0.1, -0.05) is 25.3 Å². The molecule has 0 radical (unpaired) electrons. The molecule has 0 aromatic carbocycles. The lowest BCUT2D eigenvalue weighted by atomic mass is 9.90. The van der Waals surface area contributed by atoms with Crippen molar-refractivity contribution in [3.8, 4) is 0 Å². The van der Waals surface area contributed by atoms with Crippen molar-refractivity contribution in [1.29, 1.82) is 0 Å². The van der Waals surface area contributed by atoms with Gasteiger partial charge in [0.2, 0.25) is 5.78 Å². The van der Waals surface area contributed by atoms with Gasteiger partial charge in [0.15, 0.2) is 0 Å². The minimum atomic E-state index is -0.166. The van der Waals surface area contributed by atoms with E-state index in [1.165, 1.54) is 11.3 Å². The third-order valence-corrected chi connectivity index (χ3v) is 4.69. The third kappa shape index (κ3) is 2.48. The highest BCUT2D eigenvalue weighted by Crippen LogP contribution is 2.30. The summed E-state index contributed by atoms with van der Waals surface area (Å²) in [5.41, 5.74) is 1.29. The summed E-state index contributed by atoms with van der Waals surface area (Å²) in [5.74, 6) is -0.00181. The van der Waals surface area contributed by atoms with Crippen molar-refractivity contribution in [2.45, 2.75) is 26.2 Å². The molecule has 0 fully saturated rings. The van der Waals surface area contributed by atoms with Crippen LogP contribution in [0.1, 0.15) is 41.7 Å². The smallest absolute Gasteiger partial charge is 0.208 e. The second kappa shape index (κ2) is 4.59. The largest absolute Gasteiger partial charge is 0.287 e. The van der Waals surface area contributed by atoms with Crippen LogP contribution in [0.2, 0.25) is 0 Å². The molecule has 2 aromatic rings. The highest BCUT2D eigenvalue weighted by Gasteiger charge is 2.27. The Labute approximate surface area is 116 Å². The topological polar surface area (TPSA) is 42.9 Å². The van der Waals surface area contributed by atoms with E-state index >= 15 is 0 Å². The lowest BCUT2D eigenvalue weighted by Gasteiger charge is -2.15. The number of ketones is 1. The fraction of sp³-hybridized carbons (Fsp3) is 0.364. The van der Waals surface area contributed by atoms with E-state index in [0.717, 1.165) is 21.7 Å². The van der Waals surface area contributed by atoms with Crippen molar-refractivity contribution in [2.75, 3.05) is 0 Å². The minimum absolute atomic E-state index is 0.00181. The first kappa shape index (κ1) is 12.9. The third-order valence-electron chi connectivity index (χ3n) is 2.26. The zero-order valence-electron chi connectivity index (χ0n) is 9.65. The van der Waals surface area contributed by atoms with E-state index in [2.05, 4.69) is 25.5 Å². The monoisotopic (exact) mass is 330 g/mol. The molecule has 0 spiro atoms. The molecule has 17 heavy (non-hydrogen) atoms. The number of halogens is 1. The zero-order chi connectivity index (χ0) is 12.6. The van der Waals surface area contributed by atoms with Crippen molar-refractivity contribution in [2.24, 2.45) is 0 Å². The number of hydrogen-bond donors (Lipinski definition) is 0. The molecule has 0 aliphatic carbocycles. The predicted octanol–water partition coefficient (Wildman–Crippen LogP) is 3.89. The van der Waals surface area contributed by atoms with Gasteiger partial charge in [0, 0.05) is 26.2 Å². The van der Waals surface area contributed by atoms with Gasteiger partial charge in [-0.2, -0.15) is 11.3 Å². The van der Waals surface area contributed by atoms with Crippen molar-refractivity contribution >= 4 is 44.6 Å². The summed E-state index contributed by atoms with van der Waals surface area (Å²) in [7, 11) is 0. The van der Waals surface area contributed by atoms with E-state index in [4.69, 9.17) is 0 Å². The van der Waals surface area contributed by atoms with Gasteiger partial charge >= 0.3 is 0 Å². The fourth-order valence-corrected chi connectivity index (χ4v) is 3.68. The first-order chi connectivity index (χ1) is 7.91. The van der Waals surface area contributed by atoms with Gasteiger partial charge in [-0.3, -0.25) is 4.79 Å². The highest BCUT2D eigenvalue weighted by atomic mass is 79.9. The SMILES string of the molecule is CC(C)(C)c1nnsc1C(=O)c1cscc1Br. The van der Waals surface area contributed by atoms with E-state index in [1.54, 1.807) is 0 Å². The number of hydrogen-bond acceptors (Lipinski definition) is 5. The molecular weight excluding hydrogens is 320 g/mol. The summed E-state index contributed by atoms with van der Waals surface area (Å²) in [6, 6.07) is 0. The molecule has 6 heteroatoms. The Bertz CT molecular complexity index is 554. The van der Waals surface area contributed by atoms with E-state index in [-0.39, 0.29) is 11.2 Å². The summed E-state index contributed by atoms with van der Waals surface area (Å²) < 4.78 is 4.74. The molecule has 0 atom stereocenters. The Hall–Kier alpha value is -0.590. The van der Waals surface area contributed by atoms with Crippen LogP contribution in [0.4, 0.5) is 0 Å². The Morgan fingerprint density at radius 3 is 2.59 bits per heavy atom. The number of nitrogens with zero attached hydrogens (tertiary/aromatic N) is 2. The molecule has 3 nitrogen and oxygen atoms in total. The van der Waals surface area contributed by atoms with Gasteiger partial charge in [-0.25, -0.2) is 0 Å². The molecule has 0 N–H and O–H groups in total. The van der Waals surface area contributed by atoms with Gasteiger partial charge in [-0.05, 0) is 27.5 Å². The van der Waals surface area contributed by atoms with Gasteiger partial charge < -0.3 is 0 Å². The van der Waals surface area contributed by atoms with Crippen molar-refractivity contribution in [3.63, 3.8) is 0 Å². The van der Waals surface area contributed by atoms with E-state index < -0.39 is 0 Å². The molecule has 0 unspecified atom stereocenters. The lowest BCUT2D eigenvalue weighted by molar-refractivity contribution is 0.104. The van der Waals surface area contributed by atoms with Gasteiger partial charge in [0.05, 0.1) is 5.69 Å². The van der Waals surface area contributed by atoms with Crippen molar-refractivity contribution < 1.29 is 4.79 Å². The molecule has 0 bridgehead atoms. The van der Waals surface area contributed by atoms with Gasteiger partial charge in [0.25, 0.3) is 0 Å². The number of aromatic nitrogens is 2. The number of carbonyl (C=O) groups excluding carboxylic acids is 1. The molecule has 0 saturated carbocycles. The number of carbonyl (C=O) groups is 1. The molecule has 0 aliphatic rings. The van der Waals surface area contributed by atoms with Crippen molar-refractivity contribution in [3.05, 3.63) is 31.4 Å². The molecule has 0 amide bonds. The van der Waals surface area contributed by atoms with Crippen LogP contribution in [0.25, 0.3) is 0 Å². The van der Waals surface area contributed by atoms with Gasteiger partial charge in [-0.15, -0.1) is 5.10 Å². The summed E-state index contributed by atoms with van der Waals surface area (Å²) in [5, 5.41) is 7.83. The molecule has 90 valence electrons. The highest BCUT2D eigenvalue weighted by molar-refractivity contribution is 9.10. The lowest BCUT2D eigenvalue weighted by Crippen LogP contribution is -2.16. The van der Waals surface area contributed by atoms with Crippen LogP contribution < -0.4 is 0 Å². The average Bonchev–Trinajstić information content (AvgIpc) is 2.82. The van der Waals surface area contributed by atoms with Crippen LogP contribution in [-0.4, -0.2) is 15.4 Å². The molecular formula is C11H11BrN2OS2. The summed E-state index contributed by atoms with van der Waals surface area (Å²) in [6.07, 6.45) is 0. The summed E-state index contributed by atoms with van der Waals surface area (Å²) in [4.78, 5) is 13.0. The maximum absolute atomic E-state index is 12.4. The number of thiophene rings is 1. The van der Waals surface area contributed by atoms with Crippen LogP contribution >= 0.6 is 38.8 Å². The minimum Gasteiger partial charge on any atom is -0.287 e. The van der Waals surface area contributed by atoms with E-state index in [1.807, 2.05) is 31.5 Å². The summed E-state index contributed by atoms with van der Waals surface area (Å²) in [6.45, 7) is 6.09. The normalized spacial score (nSPS) is 11.8. The first-order valence-electron chi connectivity index (χ1n) is 5.00. The van der Waals surface area contributed by atoms with Crippen LogP contribution in [0.3, 0.4) is 0 Å². The van der Waals surface area contributed by atoms with E-state index in [0.29, 0.717) is 10.4 Å². The second-order valence-electron chi connectivity index (χ2n) is 4.66. The predicted molar refractivity (Wildman–Crippen MR) is 74.1 cm³/mol. The molecule has 2 aromatic heterocycles. The second-order valence-corrected chi connectivity index (χ2v) is 7.02. The van der Waals surface area contributed by atoms with Crippen LogP contribution in [-0.2, 0) is 5.41 Å². The van der Waals surface area contributed by atoms with Crippen LogP contribution in [0, 0.1) is 0 Å². The molecule has 0 aliphatic heterocycles. The van der Waals surface area contributed by atoms with Crippen LogP contribution in [0.5, 0.6) is 0 Å². The summed E-state index contributed by atoms with van der Waals surface area (Å²) >= 11 is 6.05. The molecule has 0 saturated heterocycles.